The van der Waals surface area contributed by atoms with E-state index in [0.717, 1.165) is 24.6 Å². The summed E-state index contributed by atoms with van der Waals surface area (Å²) < 4.78 is 0. The van der Waals surface area contributed by atoms with Gasteiger partial charge < -0.3 is 10.4 Å². The zero-order valence-corrected chi connectivity index (χ0v) is 7.99. The average Bonchev–Trinajstić information content (AvgIpc) is 2.03. The lowest BCUT2D eigenvalue weighted by Crippen LogP contribution is -2.10. The fourth-order valence-electron chi connectivity index (χ4n) is 0.964. The number of aliphatic hydroxyl groups excluding tert-OH is 1. The van der Waals surface area contributed by atoms with E-state index in [-0.39, 0.29) is 6.10 Å². The fourth-order valence-corrected chi connectivity index (χ4v) is 0.964. The van der Waals surface area contributed by atoms with Crippen molar-refractivity contribution in [2.75, 3.05) is 11.9 Å². The summed E-state index contributed by atoms with van der Waals surface area (Å²) in [6.45, 7) is 4.35. The van der Waals surface area contributed by atoms with Crippen molar-refractivity contribution in [3.05, 3.63) is 18.1 Å². The first kappa shape index (κ1) is 9.92. The Bertz CT molecular complexity index is 263. The zero-order valence-electron chi connectivity index (χ0n) is 7.99. The van der Waals surface area contributed by atoms with E-state index >= 15 is 0 Å². The molecule has 4 nitrogen and oxygen atoms in total. The lowest BCUT2D eigenvalue weighted by Gasteiger charge is -2.06. The quantitative estimate of drug-likeness (QED) is 0.726. The summed E-state index contributed by atoms with van der Waals surface area (Å²) in [6, 6.07) is 1.81. The highest BCUT2D eigenvalue weighted by molar-refractivity contribution is 5.32. The maximum atomic E-state index is 9.01. The highest BCUT2D eigenvalue weighted by Crippen LogP contribution is 2.01. The van der Waals surface area contributed by atoms with E-state index in [1.54, 1.807) is 13.1 Å². The van der Waals surface area contributed by atoms with Crippen molar-refractivity contribution < 1.29 is 5.11 Å². The Labute approximate surface area is 78.0 Å². The third kappa shape index (κ3) is 3.85. The number of anilines is 1. The van der Waals surface area contributed by atoms with Crippen molar-refractivity contribution in [3.63, 3.8) is 0 Å². The van der Waals surface area contributed by atoms with Gasteiger partial charge in [0.05, 0.1) is 6.10 Å². The van der Waals surface area contributed by atoms with Gasteiger partial charge >= 0.3 is 0 Å². The predicted octanol–water partition coefficient (Wildman–Crippen LogP) is 0.968. The monoisotopic (exact) mass is 181 g/mol. The number of hydrogen-bond acceptors (Lipinski definition) is 4. The normalized spacial score (nSPS) is 12.5. The summed E-state index contributed by atoms with van der Waals surface area (Å²) in [7, 11) is 0. The van der Waals surface area contributed by atoms with E-state index in [9.17, 15) is 0 Å². The summed E-state index contributed by atoms with van der Waals surface area (Å²) in [4.78, 5) is 8.15. The number of aliphatic hydroxyl groups is 1. The minimum atomic E-state index is -0.268. The smallest absolute Gasteiger partial charge is 0.129 e. The maximum absolute atomic E-state index is 9.01. The maximum Gasteiger partial charge on any atom is 0.129 e. The summed E-state index contributed by atoms with van der Waals surface area (Å²) in [6.07, 6.45) is 2.17. The lowest BCUT2D eigenvalue weighted by molar-refractivity contribution is 0.188. The van der Waals surface area contributed by atoms with Crippen molar-refractivity contribution in [2.24, 2.45) is 0 Å². The molecule has 2 N–H and O–H groups in total. The SMILES string of the molecule is Cc1nccc(NCC[C@@H](C)O)n1. The molecule has 0 aliphatic rings. The molecule has 0 aliphatic heterocycles. The molecule has 0 aliphatic carbocycles. The first-order valence-electron chi connectivity index (χ1n) is 4.40. The Morgan fingerprint density at radius 1 is 1.62 bits per heavy atom. The second-order valence-corrected chi connectivity index (χ2v) is 3.05. The highest BCUT2D eigenvalue weighted by Gasteiger charge is 1.96. The van der Waals surface area contributed by atoms with Crippen molar-refractivity contribution >= 4 is 5.82 Å². The van der Waals surface area contributed by atoms with E-state index < -0.39 is 0 Å². The van der Waals surface area contributed by atoms with Crippen molar-refractivity contribution in [3.8, 4) is 0 Å². The van der Waals surface area contributed by atoms with Crippen LogP contribution in [-0.4, -0.2) is 27.7 Å². The third-order valence-corrected chi connectivity index (χ3v) is 1.64. The van der Waals surface area contributed by atoms with Gasteiger partial charge in [-0.05, 0) is 26.3 Å². The Balaban J connectivity index is 2.37. The number of hydrogen-bond donors (Lipinski definition) is 2. The number of rotatable bonds is 4. The van der Waals surface area contributed by atoms with Crippen LogP contribution in [0.25, 0.3) is 0 Å². The van der Waals surface area contributed by atoms with Gasteiger partial charge in [-0.3, -0.25) is 0 Å². The minimum absolute atomic E-state index is 0.268. The van der Waals surface area contributed by atoms with E-state index in [2.05, 4.69) is 15.3 Å². The number of aryl methyl sites for hydroxylation is 1. The van der Waals surface area contributed by atoms with Crippen LogP contribution < -0.4 is 5.32 Å². The van der Waals surface area contributed by atoms with Gasteiger partial charge in [0.15, 0.2) is 0 Å². The lowest BCUT2D eigenvalue weighted by atomic mass is 10.3. The molecule has 1 aromatic rings. The molecule has 4 heteroatoms. The molecule has 0 amide bonds. The average molecular weight is 181 g/mol. The van der Waals surface area contributed by atoms with Crippen LogP contribution in [0.15, 0.2) is 12.3 Å². The largest absolute Gasteiger partial charge is 0.393 e. The molecule has 0 bridgehead atoms. The summed E-state index contributed by atoms with van der Waals surface area (Å²) in [5.41, 5.74) is 0. The molecule has 0 unspecified atom stereocenters. The van der Waals surface area contributed by atoms with Gasteiger partial charge in [0.1, 0.15) is 11.6 Å². The second-order valence-electron chi connectivity index (χ2n) is 3.05. The van der Waals surface area contributed by atoms with E-state index in [4.69, 9.17) is 5.11 Å². The number of nitrogens with zero attached hydrogens (tertiary/aromatic N) is 2. The van der Waals surface area contributed by atoms with Crippen LogP contribution in [-0.2, 0) is 0 Å². The molecule has 1 aromatic heterocycles. The van der Waals surface area contributed by atoms with Crippen LogP contribution in [0.5, 0.6) is 0 Å². The standard InChI is InChI=1S/C9H15N3O/c1-7(13)3-5-11-9-4-6-10-8(2)12-9/h4,6-7,13H,3,5H2,1-2H3,(H,10,11,12)/t7-/m1/s1. The predicted molar refractivity (Wildman–Crippen MR) is 51.6 cm³/mol. The van der Waals surface area contributed by atoms with Gasteiger partial charge in [0, 0.05) is 12.7 Å². The molecule has 1 atom stereocenters. The van der Waals surface area contributed by atoms with Gasteiger partial charge in [-0.1, -0.05) is 0 Å². The van der Waals surface area contributed by atoms with E-state index in [0.29, 0.717) is 0 Å². The molecule has 0 radical (unpaired) electrons. The van der Waals surface area contributed by atoms with Crippen molar-refractivity contribution in [1.82, 2.24) is 9.97 Å². The second kappa shape index (κ2) is 4.77. The molecular formula is C9H15N3O. The van der Waals surface area contributed by atoms with Gasteiger partial charge in [-0.15, -0.1) is 0 Å². The first-order chi connectivity index (χ1) is 6.18. The summed E-state index contributed by atoms with van der Waals surface area (Å²) in [5.74, 6) is 1.56. The minimum Gasteiger partial charge on any atom is -0.393 e. The Morgan fingerprint density at radius 3 is 3.00 bits per heavy atom. The van der Waals surface area contributed by atoms with Crippen LogP contribution in [0.3, 0.4) is 0 Å². The Kier molecular flexibility index (Phi) is 3.64. The van der Waals surface area contributed by atoms with Gasteiger partial charge in [0.2, 0.25) is 0 Å². The third-order valence-electron chi connectivity index (χ3n) is 1.64. The van der Waals surface area contributed by atoms with Crippen molar-refractivity contribution in [1.29, 1.82) is 0 Å². The molecule has 0 spiro atoms. The van der Waals surface area contributed by atoms with Crippen LogP contribution in [0, 0.1) is 6.92 Å². The molecule has 0 saturated carbocycles. The summed E-state index contributed by atoms with van der Waals surface area (Å²) in [5, 5.41) is 12.1. The van der Waals surface area contributed by atoms with Gasteiger partial charge in [-0.2, -0.15) is 0 Å². The molecule has 0 fully saturated rings. The fraction of sp³-hybridized carbons (Fsp3) is 0.556. The Hall–Kier alpha value is -1.16. The molecular weight excluding hydrogens is 166 g/mol. The summed E-state index contributed by atoms with van der Waals surface area (Å²) >= 11 is 0. The zero-order chi connectivity index (χ0) is 9.68. The molecule has 0 saturated heterocycles. The highest BCUT2D eigenvalue weighted by atomic mass is 16.3. The molecule has 0 aromatic carbocycles. The van der Waals surface area contributed by atoms with Gasteiger partial charge in [-0.25, -0.2) is 9.97 Å². The van der Waals surface area contributed by atoms with Crippen molar-refractivity contribution in [2.45, 2.75) is 26.4 Å². The van der Waals surface area contributed by atoms with E-state index in [1.807, 2.05) is 13.0 Å². The van der Waals surface area contributed by atoms with Crippen LogP contribution >= 0.6 is 0 Å². The Morgan fingerprint density at radius 2 is 2.38 bits per heavy atom. The van der Waals surface area contributed by atoms with Crippen LogP contribution in [0.1, 0.15) is 19.2 Å². The van der Waals surface area contributed by atoms with E-state index in [1.165, 1.54) is 0 Å². The van der Waals surface area contributed by atoms with Gasteiger partial charge in [0.25, 0.3) is 0 Å². The molecule has 13 heavy (non-hydrogen) atoms. The molecule has 72 valence electrons. The molecule has 1 rings (SSSR count). The topological polar surface area (TPSA) is 58.0 Å². The number of nitrogens with one attached hydrogen (secondary N) is 1. The van der Waals surface area contributed by atoms with Crippen LogP contribution in [0.4, 0.5) is 5.82 Å². The van der Waals surface area contributed by atoms with Crippen LogP contribution in [0.2, 0.25) is 0 Å². The first-order valence-corrected chi connectivity index (χ1v) is 4.40. The number of aromatic nitrogens is 2. The molecule has 1 heterocycles.